The number of aliphatic imine (C=N–C) groups is 1. The second-order valence-corrected chi connectivity index (χ2v) is 5.80. The van der Waals surface area contributed by atoms with Crippen molar-refractivity contribution in [1.29, 1.82) is 5.41 Å². The predicted octanol–water partition coefficient (Wildman–Crippen LogP) is 2.40. The molecule has 1 aromatic rings. The zero-order valence-electron chi connectivity index (χ0n) is 14.2. The third kappa shape index (κ3) is 4.22. The van der Waals surface area contributed by atoms with Crippen molar-refractivity contribution in [1.82, 2.24) is 9.80 Å². The van der Waals surface area contributed by atoms with Crippen molar-refractivity contribution in [2.24, 2.45) is 4.99 Å². The Labute approximate surface area is 142 Å². The molecule has 1 heterocycles. The lowest BCUT2D eigenvalue weighted by molar-refractivity contribution is -0.126. The van der Waals surface area contributed by atoms with Gasteiger partial charge in [0.1, 0.15) is 11.6 Å². The van der Waals surface area contributed by atoms with Crippen LogP contribution in [0.4, 0.5) is 0 Å². The number of carbonyl (C=O) groups is 1. The molecule has 0 bridgehead atoms. The minimum atomic E-state index is -0.189. The summed E-state index contributed by atoms with van der Waals surface area (Å²) < 4.78 is 0. The summed E-state index contributed by atoms with van der Waals surface area (Å²) in [6.45, 7) is 3.72. The van der Waals surface area contributed by atoms with Gasteiger partial charge in [0.2, 0.25) is 0 Å². The van der Waals surface area contributed by atoms with Crippen molar-refractivity contribution in [2.75, 3.05) is 20.1 Å². The molecule has 2 N–H and O–H groups in total. The van der Waals surface area contributed by atoms with Gasteiger partial charge in [-0.25, -0.2) is 4.99 Å². The van der Waals surface area contributed by atoms with Crippen molar-refractivity contribution >= 4 is 18.3 Å². The second kappa shape index (κ2) is 8.29. The molecule has 128 valence electrons. The van der Waals surface area contributed by atoms with E-state index in [0.717, 1.165) is 24.6 Å². The van der Waals surface area contributed by atoms with E-state index in [1.807, 2.05) is 11.9 Å². The maximum atomic E-state index is 12.8. The van der Waals surface area contributed by atoms with Gasteiger partial charge in [-0.3, -0.25) is 4.79 Å². The number of benzene rings is 1. The molecule has 1 aliphatic heterocycles. The summed E-state index contributed by atoms with van der Waals surface area (Å²) in [4.78, 5) is 20.9. The Bertz CT molecular complexity index is 649. The summed E-state index contributed by atoms with van der Waals surface area (Å²) in [5.41, 5.74) is 1.24. The molecule has 2 rings (SSSR count). The van der Waals surface area contributed by atoms with Crippen molar-refractivity contribution < 1.29 is 9.90 Å². The van der Waals surface area contributed by atoms with E-state index in [2.05, 4.69) is 11.9 Å². The highest BCUT2D eigenvalue weighted by Crippen LogP contribution is 2.19. The van der Waals surface area contributed by atoms with Gasteiger partial charge < -0.3 is 20.3 Å². The molecule has 0 atom stereocenters. The molecule has 6 nitrogen and oxygen atoms in total. The number of nitrogens with one attached hydrogen (secondary N) is 1. The number of hydrogen-bond donors (Lipinski definition) is 2. The van der Waals surface area contributed by atoms with Crippen LogP contribution >= 0.6 is 0 Å². The maximum Gasteiger partial charge on any atom is 0.259 e. The zero-order valence-corrected chi connectivity index (χ0v) is 14.2. The van der Waals surface area contributed by atoms with E-state index in [9.17, 15) is 9.90 Å². The van der Waals surface area contributed by atoms with Crippen LogP contribution in [0, 0.1) is 5.41 Å². The van der Waals surface area contributed by atoms with Crippen LogP contribution in [-0.4, -0.2) is 53.4 Å². The number of aromatic hydroxyl groups is 1. The lowest BCUT2D eigenvalue weighted by Crippen LogP contribution is -2.34. The molecule has 1 amide bonds. The highest BCUT2D eigenvalue weighted by atomic mass is 16.3. The summed E-state index contributed by atoms with van der Waals surface area (Å²) in [6, 6.07) is 6.81. The third-order valence-corrected chi connectivity index (χ3v) is 3.91. The first-order chi connectivity index (χ1) is 11.6. The first-order valence-electron chi connectivity index (χ1n) is 8.12. The Morgan fingerprint density at radius 2 is 2.00 bits per heavy atom. The molecule has 0 spiro atoms. The smallest absolute Gasteiger partial charge is 0.259 e. The Hall–Kier alpha value is -2.63. The van der Waals surface area contributed by atoms with Crippen molar-refractivity contribution in [3.8, 4) is 5.75 Å². The van der Waals surface area contributed by atoms with E-state index in [-0.39, 0.29) is 11.7 Å². The number of phenolic OH excluding ortho intramolecular Hbond substituents is 1. The molecule has 1 aromatic carbocycles. The summed E-state index contributed by atoms with van der Waals surface area (Å²) in [5.74, 6) is 0.566. The molecular formula is C18H24N4O2. The molecule has 0 unspecified atom stereocenters. The number of likely N-dealkylation sites (N-methyl/N-ethyl adjacent to an activating group) is 1. The summed E-state index contributed by atoms with van der Waals surface area (Å²) in [7, 11) is 1.89. The van der Waals surface area contributed by atoms with Gasteiger partial charge >= 0.3 is 0 Å². The van der Waals surface area contributed by atoms with Crippen LogP contribution in [0.5, 0.6) is 5.75 Å². The number of amides is 1. The molecule has 0 saturated carbocycles. The quantitative estimate of drug-likeness (QED) is 0.787. The van der Waals surface area contributed by atoms with Crippen LogP contribution < -0.4 is 0 Å². The van der Waals surface area contributed by atoms with Gasteiger partial charge in [-0.05, 0) is 24.1 Å². The number of hydrogen-bond acceptors (Lipinski definition) is 5. The van der Waals surface area contributed by atoms with Gasteiger partial charge in [0, 0.05) is 39.1 Å². The predicted molar refractivity (Wildman–Crippen MR) is 95.4 cm³/mol. The van der Waals surface area contributed by atoms with Gasteiger partial charge in [0.05, 0.1) is 5.57 Å². The Kier molecular flexibility index (Phi) is 6.12. The van der Waals surface area contributed by atoms with Gasteiger partial charge in [-0.2, -0.15) is 0 Å². The second-order valence-electron chi connectivity index (χ2n) is 5.80. The number of rotatable bonds is 6. The molecule has 6 heteroatoms. The fourth-order valence-corrected chi connectivity index (χ4v) is 2.50. The number of unbranched alkanes of at least 4 members (excludes halogenated alkanes) is 1. The van der Waals surface area contributed by atoms with E-state index in [1.165, 1.54) is 0 Å². The van der Waals surface area contributed by atoms with E-state index in [4.69, 9.17) is 5.41 Å². The van der Waals surface area contributed by atoms with Gasteiger partial charge in [-0.15, -0.1) is 0 Å². The number of carbonyl (C=O) groups excluding carboxylic acids is 1. The van der Waals surface area contributed by atoms with Gasteiger partial charge in [0.15, 0.2) is 0 Å². The largest absolute Gasteiger partial charge is 0.508 e. The van der Waals surface area contributed by atoms with Crippen molar-refractivity contribution in [3.63, 3.8) is 0 Å². The lowest BCUT2D eigenvalue weighted by atomic mass is 10.2. The van der Waals surface area contributed by atoms with Crippen LogP contribution in [0.1, 0.15) is 25.3 Å². The first-order valence-corrected chi connectivity index (χ1v) is 8.12. The van der Waals surface area contributed by atoms with Crippen LogP contribution in [0.3, 0.4) is 0 Å². The van der Waals surface area contributed by atoms with E-state index in [1.54, 1.807) is 35.4 Å². The fourth-order valence-electron chi connectivity index (χ4n) is 2.50. The average Bonchev–Trinajstić information content (AvgIpc) is 2.69. The van der Waals surface area contributed by atoms with E-state index >= 15 is 0 Å². The lowest BCUT2D eigenvalue weighted by Gasteiger charge is -2.21. The van der Waals surface area contributed by atoms with Crippen LogP contribution in [0.2, 0.25) is 0 Å². The number of nitrogens with zero attached hydrogens (tertiary/aromatic N) is 3. The third-order valence-electron chi connectivity index (χ3n) is 3.91. The summed E-state index contributed by atoms with van der Waals surface area (Å²) >= 11 is 0. The maximum absolute atomic E-state index is 12.8. The minimum absolute atomic E-state index is 0.189. The SMILES string of the molecule is CCC/C=N/C1=C(C=N)C(=O)N(Cc2ccc(O)cc2)CCN1C. The number of phenols is 1. The summed E-state index contributed by atoms with van der Waals surface area (Å²) in [5, 5.41) is 17.0. The van der Waals surface area contributed by atoms with Crippen LogP contribution in [0.15, 0.2) is 40.7 Å². The molecular weight excluding hydrogens is 304 g/mol. The molecule has 0 saturated heterocycles. The summed E-state index contributed by atoms with van der Waals surface area (Å²) in [6.07, 6.45) is 4.72. The fraction of sp³-hybridized carbons (Fsp3) is 0.389. The van der Waals surface area contributed by atoms with E-state index < -0.39 is 0 Å². The van der Waals surface area contributed by atoms with E-state index in [0.29, 0.717) is 31.0 Å². The zero-order chi connectivity index (χ0) is 17.5. The normalized spacial score (nSPS) is 16.0. The standard InChI is InChI=1S/C18H24N4O2/c1-3-4-9-20-17-16(12-19)18(24)22(11-10-21(17)2)13-14-5-7-15(23)8-6-14/h5-9,12,19,23H,3-4,10-11,13H2,1-2H3/b19-12?,20-9+. The molecule has 0 aliphatic carbocycles. The van der Waals surface area contributed by atoms with Crippen LogP contribution in [-0.2, 0) is 11.3 Å². The highest BCUT2D eigenvalue weighted by molar-refractivity contribution is 6.12. The monoisotopic (exact) mass is 328 g/mol. The molecule has 0 fully saturated rings. The molecule has 0 radical (unpaired) electrons. The Balaban J connectivity index is 2.26. The minimum Gasteiger partial charge on any atom is -0.508 e. The highest BCUT2D eigenvalue weighted by Gasteiger charge is 2.26. The topological polar surface area (TPSA) is 80.0 Å². The molecule has 1 aliphatic rings. The Morgan fingerprint density at radius 3 is 2.62 bits per heavy atom. The Morgan fingerprint density at radius 1 is 1.29 bits per heavy atom. The van der Waals surface area contributed by atoms with Crippen LogP contribution in [0.25, 0.3) is 0 Å². The van der Waals surface area contributed by atoms with Crippen molar-refractivity contribution in [2.45, 2.75) is 26.3 Å². The van der Waals surface area contributed by atoms with Gasteiger partial charge in [-0.1, -0.05) is 25.5 Å². The van der Waals surface area contributed by atoms with Gasteiger partial charge in [0.25, 0.3) is 5.91 Å². The molecule has 24 heavy (non-hydrogen) atoms. The first kappa shape index (κ1) is 17.7. The average molecular weight is 328 g/mol. The molecule has 0 aromatic heterocycles. The van der Waals surface area contributed by atoms with Crippen molar-refractivity contribution in [3.05, 3.63) is 41.2 Å².